The van der Waals surface area contributed by atoms with Crippen LogP contribution in [0.4, 0.5) is 30.4 Å². The summed E-state index contributed by atoms with van der Waals surface area (Å²) in [4.78, 5) is 3.95. The third-order valence-electron chi connectivity index (χ3n) is 2.25. The highest BCUT2D eigenvalue weighted by Crippen LogP contribution is 2.31. The standard InChI is InChI=1S/C12H10F3N3/c13-12(14,15)8-2-1-3-10(6-8)18-11-5-4-9(16)7-17-11/h1-7H,16H2,(H,17,18). The van der Waals surface area contributed by atoms with Gasteiger partial charge in [0.05, 0.1) is 17.4 Å². The van der Waals surface area contributed by atoms with Crippen LogP contribution in [-0.4, -0.2) is 4.98 Å². The minimum absolute atomic E-state index is 0.321. The lowest BCUT2D eigenvalue weighted by molar-refractivity contribution is -0.137. The number of hydrogen-bond donors (Lipinski definition) is 2. The number of nitrogens with one attached hydrogen (secondary N) is 1. The molecule has 0 saturated heterocycles. The Morgan fingerprint density at radius 2 is 1.89 bits per heavy atom. The van der Waals surface area contributed by atoms with Crippen LogP contribution >= 0.6 is 0 Å². The first kappa shape index (κ1) is 12.2. The largest absolute Gasteiger partial charge is 0.416 e. The molecule has 1 aromatic carbocycles. The summed E-state index contributed by atoms with van der Waals surface area (Å²) in [6.45, 7) is 0. The number of hydrogen-bond acceptors (Lipinski definition) is 3. The molecule has 94 valence electrons. The van der Waals surface area contributed by atoms with Crippen molar-refractivity contribution in [3.63, 3.8) is 0 Å². The van der Waals surface area contributed by atoms with Gasteiger partial charge in [-0.05, 0) is 30.3 Å². The van der Waals surface area contributed by atoms with Gasteiger partial charge in [0, 0.05) is 5.69 Å². The summed E-state index contributed by atoms with van der Waals surface area (Å²) in [5.74, 6) is 0.434. The first-order valence-corrected chi connectivity index (χ1v) is 5.11. The lowest BCUT2D eigenvalue weighted by Crippen LogP contribution is -2.05. The van der Waals surface area contributed by atoms with Gasteiger partial charge in [-0.25, -0.2) is 4.98 Å². The van der Waals surface area contributed by atoms with Crippen molar-refractivity contribution in [2.24, 2.45) is 0 Å². The van der Waals surface area contributed by atoms with E-state index in [2.05, 4.69) is 10.3 Å². The maximum Gasteiger partial charge on any atom is 0.416 e. The summed E-state index contributed by atoms with van der Waals surface area (Å²) in [5.41, 5.74) is 5.57. The maximum atomic E-state index is 12.5. The second-order valence-electron chi connectivity index (χ2n) is 3.68. The molecular formula is C12H10F3N3. The Balaban J connectivity index is 2.22. The Bertz CT molecular complexity index is 535. The van der Waals surface area contributed by atoms with Crippen molar-refractivity contribution >= 4 is 17.2 Å². The molecule has 0 aliphatic heterocycles. The van der Waals surface area contributed by atoms with Crippen LogP contribution in [0.3, 0.4) is 0 Å². The van der Waals surface area contributed by atoms with Crippen LogP contribution in [0.2, 0.25) is 0 Å². The molecule has 0 spiro atoms. The van der Waals surface area contributed by atoms with Crippen molar-refractivity contribution in [3.05, 3.63) is 48.2 Å². The maximum absolute atomic E-state index is 12.5. The monoisotopic (exact) mass is 253 g/mol. The second-order valence-corrected chi connectivity index (χ2v) is 3.68. The molecule has 0 radical (unpaired) electrons. The predicted octanol–water partition coefficient (Wildman–Crippen LogP) is 3.43. The van der Waals surface area contributed by atoms with Crippen LogP contribution in [0, 0.1) is 0 Å². The van der Waals surface area contributed by atoms with Gasteiger partial charge in [0.1, 0.15) is 5.82 Å². The molecule has 2 rings (SSSR count). The van der Waals surface area contributed by atoms with Gasteiger partial charge < -0.3 is 11.1 Å². The summed E-state index contributed by atoms with van der Waals surface area (Å²) in [7, 11) is 0. The smallest absolute Gasteiger partial charge is 0.397 e. The predicted molar refractivity (Wildman–Crippen MR) is 63.4 cm³/mol. The minimum Gasteiger partial charge on any atom is -0.397 e. The van der Waals surface area contributed by atoms with Gasteiger partial charge in [0.15, 0.2) is 0 Å². The quantitative estimate of drug-likeness (QED) is 0.862. The number of benzene rings is 1. The summed E-state index contributed by atoms with van der Waals surface area (Å²) in [6, 6.07) is 8.12. The fraction of sp³-hybridized carbons (Fsp3) is 0.0833. The highest BCUT2D eigenvalue weighted by Gasteiger charge is 2.30. The third-order valence-corrected chi connectivity index (χ3v) is 2.25. The fourth-order valence-corrected chi connectivity index (χ4v) is 1.40. The SMILES string of the molecule is Nc1ccc(Nc2cccc(C(F)(F)F)c2)nc1. The molecule has 1 heterocycles. The highest BCUT2D eigenvalue weighted by atomic mass is 19.4. The average molecular weight is 253 g/mol. The second kappa shape index (κ2) is 4.56. The van der Waals surface area contributed by atoms with Gasteiger partial charge in [-0.15, -0.1) is 0 Å². The third kappa shape index (κ3) is 2.91. The molecule has 0 saturated carbocycles. The zero-order chi connectivity index (χ0) is 13.2. The van der Waals surface area contributed by atoms with E-state index < -0.39 is 11.7 Å². The van der Waals surface area contributed by atoms with Crippen molar-refractivity contribution in [3.8, 4) is 0 Å². The van der Waals surface area contributed by atoms with E-state index in [-0.39, 0.29) is 0 Å². The number of nitrogen functional groups attached to an aromatic ring is 1. The molecule has 3 nitrogen and oxygen atoms in total. The average Bonchev–Trinajstić information content (AvgIpc) is 2.31. The van der Waals surface area contributed by atoms with Crippen molar-refractivity contribution in [2.75, 3.05) is 11.1 Å². The number of halogens is 3. The van der Waals surface area contributed by atoms with E-state index >= 15 is 0 Å². The summed E-state index contributed by atoms with van der Waals surface area (Å²) < 4.78 is 37.5. The number of aromatic nitrogens is 1. The molecule has 0 aliphatic carbocycles. The molecule has 1 aromatic heterocycles. The summed E-state index contributed by atoms with van der Waals surface area (Å²) >= 11 is 0. The number of pyridine rings is 1. The van der Waals surface area contributed by atoms with Crippen LogP contribution in [-0.2, 0) is 6.18 Å². The zero-order valence-corrected chi connectivity index (χ0v) is 9.20. The molecule has 0 aliphatic rings. The van der Waals surface area contributed by atoms with Gasteiger partial charge in [0.2, 0.25) is 0 Å². The lowest BCUT2D eigenvalue weighted by Gasteiger charge is -2.10. The number of anilines is 3. The minimum atomic E-state index is -4.35. The molecule has 2 aromatic rings. The van der Waals surface area contributed by atoms with Crippen molar-refractivity contribution in [1.29, 1.82) is 0 Å². The number of alkyl halides is 3. The molecule has 18 heavy (non-hydrogen) atoms. The molecule has 0 unspecified atom stereocenters. The van der Waals surface area contributed by atoms with E-state index in [0.29, 0.717) is 17.2 Å². The van der Waals surface area contributed by atoms with Crippen molar-refractivity contribution < 1.29 is 13.2 Å². The highest BCUT2D eigenvalue weighted by molar-refractivity contribution is 5.58. The molecule has 6 heteroatoms. The first-order chi connectivity index (χ1) is 8.45. The number of nitrogens with two attached hydrogens (primary N) is 1. The topological polar surface area (TPSA) is 50.9 Å². The van der Waals surface area contributed by atoms with E-state index in [1.807, 2.05) is 0 Å². The normalized spacial score (nSPS) is 11.3. The van der Waals surface area contributed by atoms with Crippen LogP contribution in [0.25, 0.3) is 0 Å². The van der Waals surface area contributed by atoms with E-state index in [0.717, 1.165) is 12.1 Å². The van der Waals surface area contributed by atoms with Crippen molar-refractivity contribution in [1.82, 2.24) is 4.98 Å². The Labute approximate surface area is 101 Å². The van der Waals surface area contributed by atoms with Crippen LogP contribution in [0.1, 0.15) is 5.56 Å². The number of nitrogens with zero attached hydrogens (tertiary/aromatic N) is 1. The zero-order valence-electron chi connectivity index (χ0n) is 9.20. The molecule has 0 atom stereocenters. The molecule has 3 N–H and O–H groups in total. The Morgan fingerprint density at radius 3 is 2.50 bits per heavy atom. The van der Waals surface area contributed by atoms with Crippen LogP contribution < -0.4 is 11.1 Å². The van der Waals surface area contributed by atoms with Gasteiger partial charge in [-0.1, -0.05) is 6.07 Å². The Hall–Kier alpha value is -2.24. The van der Waals surface area contributed by atoms with Gasteiger partial charge in [-0.3, -0.25) is 0 Å². The van der Waals surface area contributed by atoms with E-state index in [1.54, 1.807) is 12.1 Å². The number of rotatable bonds is 2. The Kier molecular flexibility index (Phi) is 3.10. The van der Waals surface area contributed by atoms with Gasteiger partial charge in [0.25, 0.3) is 0 Å². The van der Waals surface area contributed by atoms with E-state index in [9.17, 15) is 13.2 Å². The van der Waals surface area contributed by atoms with Gasteiger partial charge >= 0.3 is 6.18 Å². The Morgan fingerprint density at radius 1 is 1.11 bits per heavy atom. The summed E-state index contributed by atoms with van der Waals surface area (Å²) in [5, 5.41) is 2.78. The van der Waals surface area contributed by atoms with E-state index in [1.165, 1.54) is 18.3 Å². The first-order valence-electron chi connectivity index (χ1n) is 5.11. The van der Waals surface area contributed by atoms with Crippen LogP contribution in [0.15, 0.2) is 42.6 Å². The van der Waals surface area contributed by atoms with Gasteiger partial charge in [-0.2, -0.15) is 13.2 Å². The molecular weight excluding hydrogens is 243 g/mol. The summed E-state index contributed by atoms with van der Waals surface area (Å²) in [6.07, 6.45) is -2.93. The van der Waals surface area contributed by atoms with Crippen molar-refractivity contribution in [2.45, 2.75) is 6.18 Å². The molecule has 0 bridgehead atoms. The fourth-order valence-electron chi connectivity index (χ4n) is 1.40. The lowest BCUT2D eigenvalue weighted by atomic mass is 10.2. The van der Waals surface area contributed by atoms with E-state index in [4.69, 9.17) is 5.73 Å². The molecule has 0 fully saturated rings. The van der Waals surface area contributed by atoms with Crippen LogP contribution in [0.5, 0.6) is 0 Å². The molecule has 0 amide bonds.